The van der Waals surface area contributed by atoms with Gasteiger partial charge in [-0.3, -0.25) is 9.79 Å². The molecule has 1 spiro atoms. The molecule has 1 aliphatic carbocycles. The summed E-state index contributed by atoms with van der Waals surface area (Å²) in [5.41, 5.74) is 3.22. The van der Waals surface area contributed by atoms with Crippen LogP contribution < -0.4 is 5.32 Å². The molecule has 1 amide bonds. The predicted molar refractivity (Wildman–Crippen MR) is 88.8 cm³/mol. The largest absolute Gasteiger partial charge is 0.326 e. The quantitative estimate of drug-likeness (QED) is 0.927. The molecular weight excluding hydrogens is 288 g/mol. The molecule has 1 N–H and O–H groups in total. The van der Waals surface area contributed by atoms with Gasteiger partial charge in [-0.05, 0) is 44.7 Å². The van der Waals surface area contributed by atoms with Crippen molar-refractivity contribution in [2.24, 2.45) is 4.99 Å². The second-order valence-electron chi connectivity index (χ2n) is 6.46. The van der Waals surface area contributed by atoms with E-state index in [2.05, 4.69) is 10.3 Å². The SMILES string of the molecule is Cc1cncn1-c1ccc(C2=NC3(CCCCC3)NC2=O)cc1. The van der Waals surface area contributed by atoms with Crippen LogP contribution >= 0.6 is 0 Å². The lowest BCUT2D eigenvalue weighted by atomic mass is 9.90. The Morgan fingerprint density at radius 1 is 1.13 bits per heavy atom. The molecule has 23 heavy (non-hydrogen) atoms. The van der Waals surface area contributed by atoms with Crippen molar-refractivity contribution in [2.45, 2.75) is 44.7 Å². The van der Waals surface area contributed by atoms with E-state index in [4.69, 9.17) is 4.99 Å². The minimum Gasteiger partial charge on any atom is -0.326 e. The molecule has 5 nitrogen and oxygen atoms in total. The molecule has 2 aromatic rings. The van der Waals surface area contributed by atoms with E-state index in [9.17, 15) is 4.79 Å². The van der Waals surface area contributed by atoms with Gasteiger partial charge in [-0.1, -0.05) is 18.6 Å². The number of benzene rings is 1. The Morgan fingerprint density at radius 2 is 1.87 bits per heavy atom. The summed E-state index contributed by atoms with van der Waals surface area (Å²) >= 11 is 0. The third kappa shape index (κ3) is 2.46. The van der Waals surface area contributed by atoms with Crippen LogP contribution in [0.5, 0.6) is 0 Å². The van der Waals surface area contributed by atoms with Gasteiger partial charge in [0.05, 0.1) is 6.33 Å². The van der Waals surface area contributed by atoms with E-state index in [-0.39, 0.29) is 11.6 Å². The van der Waals surface area contributed by atoms with Crippen LogP contribution in [-0.4, -0.2) is 26.8 Å². The van der Waals surface area contributed by atoms with E-state index in [1.54, 1.807) is 6.33 Å². The van der Waals surface area contributed by atoms with E-state index in [1.807, 2.05) is 42.0 Å². The van der Waals surface area contributed by atoms with Crippen LogP contribution in [0, 0.1) is 6.92 Å². The average molecular weight is 308 g/mol. The maximum atomic E-state index is 12.4. The van der Waals surface area contributed by atoms with Crippen molar-refractivity contribution in [1.82, 2.24) is 14.9 Å². The molecule has 0 unspecified atom stereocenters. The highest BCUT2D eigenvalue weighted by Gasteiger charge is 2.40. The Morgan fingerprint density at radius 3 is 2.52 bits per heavy atom. The molecular formula is C18H20N4O. The van der Waals surface area contributed by atoms with Crippen molar-refractivity contribution in [1.29, 1.82) is 0 Å². The number of aryl methyl sites for hydroxylation is 1. The lowest BCUT2D eigenvalue weighted by molar-refractivity contribution is -0.115. The zero-order valence-electron chi connectivity index (χ0n) is 13.2. The minimum absolute atomic E-state index is 0.0431. The van der Waals surface area contributed by atoms with Crippen molar-refractivity contribution in [3.63, 3.8) is 0 Å². The Kier molecular flexibility index (Phi) is 3.29. The number of hydrogen-bond acceptors (Lipinski definition) is 3. The molecule has 1 fully saturated rings. The molecule has 2 heterocycles. The third-order valence-corrected chi connectivity index (χ3v) is 4.81. The molecule has 0 bridgehead atoms. The van der Waals surface area contributed by atoms with Crippen molar-refractivity contribution >= 4 is 11.6 Å². The number of nitrogens with one attached hydrogen (secondary N) is 1. The Hall–Kier alpha value is -2.43. The fraction of sp³-hybridized carbons (Fsp3) is 0.389. The lowest BCUT2D eigenvalue weighted by Gasteiger charge is -2.30. The maximum absolute atomic E-state index is 12.4. The number of rotatable bonds is 2. The number of aromatic nitrogens is 2. The van der Waals surface area contributed by atoms with Crippen molar-refractivity contribution in [3.8, 4) is 5.69 Å². The van der Waals surface area contributed by atoms with Crippen LogP contribution in [0.2, 0.25) is 0 Å². The maximum Gasteiger partial charge on any atom is 0.272 e. The lowest BCUT2D eigenvalue weighted by Crippen LogP contribution is -2.43. The smallest absolute Gasteiger partial charge is 0.272 e. The van der Waals surface area contributed by atoms with Gasteiger partial charge in [0.2, 0.25) is 0 Å². The van der Waals surface area contributed by atoms with Crippen LogP contribution in [0.3, 0.4) is 0 Å². The van der Waals surface area contributed by atoms with E-state index >= 15 is 0 Å². The molecule has 0 saturated heterocycles. The predicted octanol–water partition coefficient (Wildman–Crippen LogP) is 2.76. The van der Waals surface area contributed by atoms with Crippen molar-refractivity contribution in [2.75, 3.05) is 0 Å². The van der Waals surface area contributed by atoms with E-state index in [0.29, 0.717) is 5.71 Å². The third-order valence-electron chi connectivity index (χ3n) is 4.81. The first-order valence-corrected chi connectivity index (χ1v) is 8.19. The first-order chi connectivity index (χ1) is 11.2. The highest BCUT2D eigenvalue weighted by atomic mass is 16.2. The van der Waals surface area contributed by atoms with Crippen molar-refractivity contribution in [3.05, 3.63) is 48.0 Å². The second kappa shape index (κ2) is 5.33. The Labute approximate surface area is 135 Å². The number of nitrogens with zero attached hydrogens (tertiary/aromatic N) is 3. The van der Waals surface area contributed by atoms with Gasteiger partial charge in [-0.2, -0.15) is 0 Å². The molecule has 0 radical (unpaired) electrons. The summed E-state index contributed by atoms with van der Waals surface area (Å²) in [6.07, 6.45) is 9.03. The van der Waals surface area contributed by atoms with Gasteiger partial charge in [-0.25, -0.2) is 4.98 Å². The highest BCUT2D eigenvalue weighted by molar-refractivity contribution is 6.46. The van der Waals surface area contributed by atoms with Gasteiger partial charge >= 0.3 is 0 Å². The summed E-state index contributed by atoms with van der Waals surface area (Å²) in [6, 6.07) is 7.95. The Balaban J connectivity index is 1.64. The number of imidazole rings is 1. The number of carbonyl (C=O) groups excluding carboxylic acids is 1. The minimum atomic E-state index is -0.343. The fourth-order valence-electron chi connectivity index (χ4n) is 3.54. The topological polar surface area (TPSA) is 59.3 Å². The standard InChI is InChI=1S/C18H20N4O/c1-13-11-19-12-22(13)15-7-5-14(6-8-15)16-17(23)21-18(20-16)9-3-2-4-10-18/h5-8,11-12H,2-4,9-10H2,1H3,(H,21,23). The Bertz CT molecular complexity index is 767. The molecule has 2 aliphatic rings. The van der Waals surface area contributed by atoms with Gasteiger partial charge in [-0.15, -0.1) is 0 Å². The van der Waals surface area contributed by atoms with Gasteiger partial charge < -0.3 is 9.88 Å². The zero-order valence-corrected chi connectivity index (χ0v) is 13.2. The van der Waals surface area contributed by atoms with Crippen LogP contribution in [0.15, 0.2) is 41.8 Å². The molecule has 1 saturated carbocycles. The fourth-order valence-corrected chi connectivity index (χ4v) is 3.54. The molecule has 1 aliphatic heterocycles. The highest BCUT2D eigenvalue weighted by Crippen LogP contribution is 2.33. The van der Waals surface area contributed by atoms with Gasteiger partial charge in [0.15, 0.2) is 0 Å². The van der Waals surface area contributed by atoms with Crippen molar-refractivity contribution < 1.29 is 4.79 Å². The van der Waals surface area contributed by atoms with Gasteiger partial charge in [0.25, 0.3) is 5.91 Å². The first kappa shape index (κ1) is 14.2. The molecule has 118 valence electrons. The summed E-state index contributed by atoms with van der Waals surface area (Å²) < 4.78 is 2.02. The van der Waals surface area contributed by atoms with E-state index < -0.39 is 0 Å². The van der Waals surface area contributed by atoms with Gasteiger partial charge in [0, 0.05) is 23.1 Å². The zero-order chi connectivity index (χ0) is 15.9. The average Bonchev–Trinajstić information content (AvgIpc) is 3.12. The van der Waals surface area contributed by atoms with Gasteiger partial charge in [0.1, 0.15) is 11.4 Å². The summed E-state index contributed by atoms with van der Waals surface area (Å²) in [6.45, 7) is 2.02. The molecule has 0 atom stereocenters. The van der Waals surface area contributed by atoms with Crippen LogP contribution in [0.25, 0.3) is 5.69 Å². The normalized spacial score (nSPS) is 19.7. The molecule has 1 aromatic heterocycles. The monoisotopic (exact) mass is 308 g/mol. The van der Waals surface area contributed by atoms with E-state index in [0.717, 1.165) is 42.6 Å². The summed E-state index contributed by atoms with van der Waals surface area (Å²) in [4.78, 5) is 21.3. The van der Waals surface area contributed by atoms with E-state index in [1.165, 1.54) is 6.42 Å². The molecule has 1 aromatic carbocycles. The first-order valence-electron chi connectivity index (χ1n) is 8.19. The second-order valence-corrected chi connectivity index (χ2v) is 6.46. The number of carbonyl (C=O) groups is 1. The number of aliphatic imine (C=N–C) groups is 1. The van der Waals surface area contributed by atoms with Crippen LogP contribution in [-0.2, 0) is 4.79 Å². The van der Waals surface area contributed by atoms with Crippen LogP contribution in [0.1, 0.15) is 43.4 Å². The summed E-state index contributed by atoms with van der Waals surface area (Å²) in [7, 11) is 0. The number of amides is 1. The molecule has 4 rings (SSSR count). The number of hydrogen-bond donors (Lipinski definition) is 1. The summed E-state index contributed by atoms with van der Waals surface area (Å²) in [5, 5.41) is 3.11. The van der Waals surface area contributed by atoms with Crippen LogP contribution in [0.4, 0.5) is 0 Å². The summed E-state index contributed by atoms with van der Waals surface area (Å²) in [5.74, 6) is -0.0431. The molecule has 5 heteroatoms.